The minimum Gasteiger partial charge on any atom is -0.408 e. The van der Waals surface area contributed by atoms with Crippen LogP contribution >= 0.6 is 11.6 Å². The van der Waals surface area contributed by atoms with E-state index in [0.29, 0.717) is 30.2 Å². The van der Waals surface area contributed by atoms with Gasteiger partial charge in [0.05, 0.1) is 0 Å². The third kappa shape index (κ3) is 3.12. The van der Waals surface area contributed by atoms with E-state index in [0.717, 1.165) is 13.0 Å². The van der Waals surface area contributed by atoms with Gasteiger partial charge in [-0.1, -0.05) is 24.9 Å². The summed E-state index contributed by atoms with van der Waals surface area (Å²) in [6, 6.07) is 1.22. The molecule has 4 nitrogen and oxygen atoms in total. The van der Waals surface area contributed by atoms with E-state index in [-0.39, 0.29) is 0 Å². The Morgan fingerprint density at radius 1 is 1.35 bits per heavy atom. The molecule has 1 aromatic heterocycles. The number of rotatable bonds is 4. The van der Waals surface area contributed by atoms with Crippen LogP contribution in [0.2, 0.25) is 0 Å². The van der Waals surface area contributed by atoms with Gasteiger partial charge in [-0.3, -0.25) is 0 Å². The van der Waals surface area contributed by atoms with E-state index in [1.54, 1.807) is 0 Å². The number of nitrogens with zero attached hydrogens (tertiary/aromatic N) is 3. The molecule has 2 heterocycles. The highest BCUT2D eigenvalue weighted by molar-refractivity contribution is 6.17. The van der Waals surface area contributed by atoms with Crippen LogP contribution in [-0.2, 0) is 6.42 Å². The van der Waals surface area contributed by atoms with Gasteiger partial charge in [0.2, 0.25) is 5.89 Å². The monoisotopic (exact) mass is 257 g/mol. The zero-order valence-electron chi connectivity index (χ0n) is 10.4. The fraction of sp³-hybridized carbons (Fsp3) is 0.833. The molecule has 0 radical (unpaired) electrons. The molecular formula is C12H20ClN3O. The lowest BCUT2D eigenvalue weighted by molar-refractivity contribution is 0.455. The standard InChI is InChI=1S/C12H20ClN3O/c1-2-10-6-4-3-5-9-16(10)12-15-14-11(17-12)7-8-13/h10H,2-9H2,1H3. The Morgan fingerprint density at radius 3 is 3.00 bits per heavy atom. The molecule has 0 saturated carbocycles. The van der Waals surface area contributed by atoms with Gasteiger partial charge in [0.1, 0.15) is 0 Å². The molecule has 0 aromatic carbocycles. The van der Waals surface area contributed by atoms with Crippen molar-refractivity contribution >= 4 is 17.6 Å². The van der Waals surface area contributed by atoms with E-state index in [9.17, 15) is 0 Å². The van der Waals surface area contributed by atoms with Crippen molar-refractivity contribution in [1.29, 1.82) is 0 Å². The van der Waals surface area contributed by atoms with Gasteiger partial charge in [-0.25, -0.2) is 0 Å². The van der Waals surface area contributed by atoms with Crippen molar-refractivity contribution in [2.45, 2.75) is 51.5 Å². The van der Waals surface area contributed by atoms with E-state index < -0.39 is 0 Å². The minimum absolute atomic E-state index is 0.527. The van der Waals surface area contributed by atoms with Gasteiger partial charge < -0.3 is 9.32 Å². The summed E-state index contributed by atoms with van der Waals surface area (Å²) in [4.78, 5) is 2.28. The molecule has 17 heavy (non-hydrogen) atoms. The van der Waals surface area contributed by atoms with E-state index in [4.69, 9.17) is 16.0 Å². The fourth-order valence-electron chi connectivity index (χ4n) is 2.40. The zero-order chi connectivity index (χ0) is 12.1. The molecule has 0 aliphatic carbocycles. The number of aromatic nitrogens is 2. The Morgan fingerprint density at radius 2 is 2.24 bits per heavy atom. The summed E-state index contributed by atoms with van der Waals surface area (Å²) in [5.74, 6) is 1.17. The van der Waals surface area contributed by atoms with Crippen molar-refractivity contribution in [2.75, 3.05) is 17.3 Å². The summed E-state index contributed by atoms with van der Waals surface area (Å²) in [7, 11) is 0. The third-order valence-electron chi connectivity index (χ3n) is 3.36. The van der Waals surface area contributed by atoms with Crippen LogP contribution in [0.4, 0.5) is 6.01 Å². The molecule has 0 N–H and O–H groups in total. The Labute approximate surface area is 107 Å². The highest BCUT2D eigenvalue weighted by atomic mass is 35.5. The van der Waals surface area contributed by atoms with Crippen LogP contribution in [0.15, 0.2) is 4.42 Å². The van der Waals surface area contributed by atoms with Gasteiger partial charge in [0, 0.05) is 24.9 Å². The SMILES string of the molecule is CCC1CCCCCN1c1nnc(CCCl)o1. The Balaban J connectivity index is 2.10. The molecule has 1 unspecified atom stereocenters. The normalized spacial score (nSPS) is 21.5. The second-order valence-electron chi connectivity index (χ2n) is 4.52. The maximum absolute atomic E-state index is 5.67. The molecule has 1 aliphatic rings. The minimum atomic E-state index is 0.527. The summed E-state index contributed by atoms with van der Waals surface area (Å²) < 4.78 is 5.67. The molecule has 1 aliphatic heterocycles. The summed E-state index contributed by atoms with van der Waals surface area (Å²) in [5.41, 5.74) is 0. The molecular weight excluding hydrogens is 238 g/mol. The van der Waals surface area contributed by atoms with Crippen molar-refractivity contribution < 1.29 is 4.42 Å². The van der Waals surface area contributed by atoms with Crippen molar-refractivity contribution in [3.05, 3.63) is 5.89 Å². The average molecular weight is 258 g/mol. The molecule has 1 fully saturated rings. The lowest BCUT2D eigenvalue weighted by Crippen LogP contribution is -2.34. The first-order chi connectivity index (χ1) is 8.35. The number of hydrogen-bond donors (Lipinski definition) is 0. The third-order valence-corrected chi connectivity index (χ3v) is 3.55. The second kappa shape index (κ2) is 6.24. The van der Waals surface area contributed by atoms with Gasteiger partial charge in [-0.15, -0.1) is 16.7 Å². The molecule has 0 bridgehead atoms. The van der Waals surface area contributed by atoms with Crippen LogP contribution < -0.4 is 4.90 Å². The predicted molar refractivity (Wildman–Crippen MR) is 68.6 cm³/mol. The van der Waals surface area contributed by atoms with Gasteiger partial charge in [0.25, 0.3) is 0 Å². The van der Waals surface area contributed by atoms with E-state index >= 15 is 0 Å². The van der Waals surface area contributed by atoms with E-state index in [1.165, 1.54) is 25.7 Å². The molecule has 1 atom stereocenters. The Bertz CT molecular complexity index is 342. The number of alkyl halides is 1. The molecule has 1 saturated heterocycles. The summed E-state index contributed by atoms with van der Waals surface area (Å²) in [6.07, 6.45) is 6.83. The molecule has 1 aromatic rings. The van der Waals surface area contributed by atoms with Gasteiger partial charge in [0.15, 0.2) is 0 Å². The Hall–Kier alpha value is -0.770. The number of anilines is 1. The smallest absolute Gasteiger partial charge is 0.318 e. The summed E-state index contributed by atoms with van der Waals surface area (Å²) in [6.45, 7) is 3.25. The van der Waals surface area contributed by atoms with Crippen molar-refractivity contribution in [1.82, 2.24) is 10.2 Å². The zero-order valence-corrected chi connectivity index (χ0v) is 11.1. The highest BCUT2D eigenvalue weighted by Crippen LogP contribution is 2.24. The fourth-order valence-corrected chi connectivity index (χ4v) is 2.56. The number of aryl methyl sites for hydroxylation is 1. The van der Waals surface area contributed by atoms with Crippen molar-refractivity contribution in [2.24, 2.45) is 0 Å². The highest BCUT2D eigenvalue weighted by Gasteiger charge is 2.23. The molecule has 96 valence electrons. The van der Waals surface area contributed by atoms with E-state index in [1.807, 2.05) is 0 Å². The van der Waals surface area contributed by atoms with Crippen LogP contribution in [-0.4, -0.2) is 28.7 Å². The molecule has 0 spiro atoms. The van der Waals surface area contributed by atoms with Crippen LogP contribution in [0, 0.1) is 0 Å². The molecule has 0 amide bonds. The summed E-state index contributed by atoms with van der Waals surface area (Å²) in [5, 5.41) is 8.19. The van der Waals surface area contributed by atoms with Crippen LogP contribution in [0.5, 0.6) is 0 Å². The maximum atomic E-state index is 5.67. The quantitative estimate of drug-likeness (QED) is 0.778. The van der Waals surface area contributed by atoms with Crippen LogP contribution in [0.25, 0.3) is 0 Å². The lowest BCUT2D eigenvalue weighted by atomic mass is 10.1. The molecule has 2 rings (SSSR count). The van der Waals surface area contributed by atoms with Crippen LogP contribution in [0.3, 0.4) is 0 Å². The van der Waals surface area contributed by atoms with Gasteiger partial charge in [-0.05, 0) is 19.3 Å². The number of hydrogen-bond acceptors (Lipinski definition) is 4. The van der Waals surface area contributed by atoms with Gasteiger partial charge in [-0.2, -0.15) is 0 Å². The Kier molecular flexibility index (Phi) is 4.66. The first kappa shape index (κ1) is 12.7. The van der Waals surface area contributed by atoms with Crippen molar-refractivity contribution in [3.8, 4) is 0 Å². The molecule has 5 heteroatoms. The van der Waals surface area contributed by atoms with Crippen molar-refractivity contribution in [3.63, 3.8) is 0 Å². The predicted octanol–water partition coefficient (Wildman–Crippen LogP) is 3.01. The topological polar surface area (TPSA) is 42.2 Å². The van der Waals surface area contributed by atoms with Crippen LogP contribution in [0.1, 0.15) is 44.9 Å². The van der Waals surface area contributed by atoms with E-state index in [2.05, 4.69) is 22.0 Å². The van der Waals surface area contributed by atoms with Gasteiger partial charge >= 0.3 is 6.01 Å². The largest absolute Gasteiger partial charge is 0.408 e. The number of halogens is 1. The lowest BCUT2D eigenvalue weighted by Gasteiger charge is -2.26. The average Bonchev–Trinajstić information content (AvgIpc) is 2.66. The maximum Gasteiger partial charge on any atom is 0.318 e. The second-order valence-corrected chi connectivity index (χ2v) is 4.90. The first-order valence-electron chi connectivity index (χ1n) is 6.50. The first-order valence-corrected chi connectivity index (χ1v) is 7.03. The summed E-state index contributed by atoms with van der Waals surface area (Å²) >= 11 is 5.67.